The largest absolute Gasteiger partial charge is 0.457 e. The number of hydrogen-bond acceptors (Lipinski definition) is 3. The minimum absolute atomic E-state index is 0.207. The average Bonchev–Trinajstić information content (AvgIpc) is 2.69. The Morgan fingerprint density at radius 3 is 2.48 bits per heavy atom. The van der Waals surface area contributed by atoms with Crippen molar-refractivity contribution < 1.29 is 18.7 Å². The van der Waals surface area contributed by atoms with Crippen molar-refractivity contribution in [1.29, 1.82) is 0 Å². The number of rotatable bonds is 7. The van der Waals surface area contributed by atoms with E-state index >= 15 is 0 Å². The second kappa shape index (κ2) is 8.96. The highest BCUT2D eigenvalue weighted by atomic mass is 19.1. The van der Waals surface area contributed by atoms with E-state index in [1.165, 1.54) is 19.2 Å². The lowest BCUT2D eigenvalue weighted by Crippen LogP contribution is -2.29. The van der Waals surface area contributed by atoms with Gasteiger partial charge in [0.1, 0.15) is 17.3 Å². The van der Waals surface area contributed by atoms with Crippen molar-refractivity contribution in [2.75, 3.05) is 13.7 Å². The van der Waals surface area contributed by atoms with Gasteiger partial charge in [-0.1, -0.05) is 42.5 Å². The molecule has 1 amide bonds. The minimum Gasteiger partial charge on any atom is -0.457 e. The third-order valence-corrected chi connectivity index (χ3v) is 4.06. The molecule has 0 aromatic heterocycles. The van der Waals surface area contributed by atoms with E-state index < -0.39 is 6.10 Å². The minimum atomic E-state index is -0.452. The van der Waals surface area contributed by atoms with Crippen LogP contribution in [-0.4, -0.2) is 19.6 Å². The SMILES string of the molecule is COC(CNC(=O)c1ccccc1Oc1ccccc1)c1cccc(F)c1. The maximum absolute atomic E-state index is 13.4. The molecule has 27 heavy (non-hydrogen) atoms. The summed E-state index contributed by atoms with van der Waals surface area (Å²) in [6, 6.07) is 22.4. The molecule has 4 nitrogen and oxygen atoms in total. The topological polar surface area (TPSA) is 47.6 Å². The van der Waals surface area contributed by atoms with Crippen LogP contribution in [0.15, 0.2) is 78.9 Å². The van der Waals surface area contributed by atoms with E-state index in [0.717, 1.165) is 0 Å². The normalized spacial score (nSPS) is 11.6. The zero-order valence-electron chi connectivity index (χ0n) is 14.9. The Morgan fingerprint density at radius 2 is 1.74 bits per heavy atom. The van der Waals surface area contributed by atoms with E-state index in [2.05, 4.69) is 5.32 Å². The smallest absolute Gasteiger partial charge is 0.255 e. The number of carbonyl (C=O) groups excluding carboxylic acids is 1. The molecule has 0 heterocycles. The summed E-state index contributed by atoms with van der Waals surface area (Å²) >= 11 is 0. The van der Waals surface area contributed by atoms with Crippen LogP contribution in [0.4, 0.5) is 4.39 Å². The van der Waals surface area contributed by atoms with E-state index in [4.69, 9.17) is 9.47 Å². The zero-order chi connectivity index (χ0) is 19.1. The van der Waals surface area contributed by atoms with Crippen LogP contribution in [0.5, 0.6) is 11.5 Å². The second-order valence-corrected chi connectivity index (χ2v) is 5.90. The van der Waals surface area contributed by atoms with Crippen LogP contribution in [0.1, 0.15) is 22.0 Å². The Balaban J connectivity index is 1.71. The van der Waals surface area contributed by atoms with E-state index in [-0.39, 0.29) is 18.3 Å². The van der Waals surface area contributed by atoms with Crippen LogP contribution >= 0.6 is 0 Å². The van der Waals surface area contributed by atoms with Crippen molar-refractivity contribution in [3.63, 3.8) is 0 Å². The van der Waals surface area contributed by atoms with Gasteiger partial charge in [0.25, 0.3) is 5.91 Å². The lowest BCUT2D eigenvalue weighted by Gasteiger charge is -2.17. The van der Waals surface area contributed by atoms with Gasteiger partial charge in [-0.3, -0.25) is 4.79 Å². The maximum atomic E-state index is 13.4. The van der Waals surface area contributed by atoms with Crippen LogP contribution in [0.3, 0.4) is 0 Å². The quantitative estimate of drug-likeness (QED) is 0.658. The number of carbonyl (C=O) groups is 1. The molecule has 1 N–H and O–H groups in total. The number of benzene rings is 3. The molecule has 1 atom stereocenters. The fourth-order valence-corrected chi connectivity index (χ4v) is 2.68. The Labute approximate surface area is 157 Å². The van der Waals surface area contributed by atoms with Crippen molar-refractivity contribution in [1.82, 2.24) is 5.32 Å². The van der Waals surface area contributed by atoms with Gasteiger partial charge in [0.15, 0.2) is 0 Å². The van der Waals surface area contributed by atoms with Crippen LogP contribution in [0.25, 0.3) is 0 Å². The van der Waals surface area contributed by atoms with Gasteiger partial charge in [0.05, 0.1) is 11.7 Å². The van der Waals surface area contributed by atoms with Gasteiger partial charge in [0.2, 0.25) is 0 Å². The Morgan fingerprint density at radius 1 is 1.00 bits per heavy atom. The van der Waals surface area contributed by atoms with Gasteiger partial charge in [-0.15, -0.1) is 0 Å². The van der Waals surface area contributed by atoms with Crippen molar-refractivity contribution in [3.8, 4) is 11.5 Å². The van der Waals surface area contributed by atoms with Gasteiger partial charge in [-0.25, -0.2) is 4.39 Å². The molecule has 3 rings (SSSR count). The molecule has 0 saturated heterocycles. The summed E-state index contributed by atoms with van der Waals surface area (Å²) in [6.45, 7) is 0.207. The first-order chi connectivity index (χ1) is 13.2. The number of ether oxygens (including phenoxy) is 2. The molecule has 1 unspecified atom stereocenters. The summed E-state index contributed by atoms with van der Waals surface area (Å²) in [4.78, 5) is 12.7. The molecular weight excluding hydrogens is 345 g/mol. The summed E-state index contributed by atoms with van der Waals surface area (Å²) < 4.78 is 24.6. The molecule has 3 aromatic carbocycles. The Kier molecular flexibility index (Phi) is 6.18. The summed E-state index contributed by atoms with van der Waals surface area (Å²) in [6.07, 6.45) is -0.452. The first-order valence-corrected chi connectivity index (χ1v) is 8.56. The fourth-order valence-electron chi connectivity index (χ4n) is 2.68. The monoisotopic (exact) mass is 365 g/mol. The molecule has 0 aliphatic rings. The first kappa shape index (κ1) is 18.6. The molecule has 0 fully saturated rings. The highest BCUT2D eigenvalue weighted by Crippen LogP contribution is 2.25. The van der Waals surface area contributed by atoms with Crippen LogP contribution in [-0.2, 0) is 4.74 Å². The van der Waals surface area contributed by atoms with Crippen molar-refractivity contribution in [2.24, 2.45) is 0 Å². The molecule has 0 bridgehead atoms. The van der Waals surface area contributed by atoms with Gasteiger partial charge in [0, 0.05) is 13.7 Å². The number of methoxy groups -OCH3 is 1. The standard InChI is InChI=1S/C22H20FNO3/c1-26-21(16-8-7-9-17(23)14-16)15-24-22(25)19-12-5-6-13-20(19)27-18-10-3-2-4-11-18/h2-14,21H,15H2,1H3,(H,24,25). The first-order valence-electron chi connectivity index (χ1n) is 8.56. The molecule has 0 saturated carbocycles. The summed E-state index contributed by atoms with van der Waals surface area (Å²) in [5, 5.41) is 2.83. The van der Waals surface area contributed by atoms with Crippen LogP contribution in [0, 0.1) is 5.82 Å². The highest BCUT2D eigenvalue weighted by Gasteiger charge is 2.16. The average molecular weight is 365 g/mol. The predicted octanol–water partition coefficient (Wildman–Crippen LogP) is 4.74. The molecular formula is C22H20FNO3. The Bertz CT molecular complexity index is 899. The number of para-hydroxylation sites is 2. The zero-order valence-corrected chi connectivity index (χ0v) is 14.9. The molecule has 5 heteroatoms. The molecule has 0 radical (unpaired) electrons. The highest BCUT2D eigenvalue weighted by molar-refractivity contribution is 5.97. The third kappa shape index (κ3) is 4.92. The van der Waals surface area contributed by atoms with Gasteiger partial charge in [-0.2, -0.15) is 0 Å². The molecule has 0 spiro atoms. The van der Waals surface area contributed by atoms with E-state index in [9.17, 15) is 9.18 Å². The number of amides is 1. The summed E-state index contributed by atoms with van der Waals surface area (Å²) in [5.74, 6) is 0.468. The maximum Gasteiger partial charge on any atom is 0.255 e. The van der Waals surface area contributed by atoms with Crippen LogP contribution < -0.4 is 10.1 Å². The number of halogens is 1. The second-order valence-electron chi connectivity index (χ2n) is 5.90. The lowest BCUT2D eigenvalue weighted by atomic mass is 10.1. The van der Waals surface area contributed by atoms with Gasteiger partial charge in [-0.05, 0) is 42.0 Å². The summed E-state index contributed by atoms with van der Waals surface area (Å²) in [7, 11) is 1.52. The molecule has 0 aliphatic heterocycles. The summed E-state index contributed by atoms with van der Waals surface area (Å²) in [5.41, 5.74) is 1.07. The van der Waals surface area contributed by atoms with Crippen molar-refractivity contribution in [3.05, 3.63) is 95.8 Å². The predicted molar refractivity (Wildman–Crippen MR) is 101 cm³/mol. The van der Waals surface area contributed by atoms with Crippen molar-refractivity contribution >= 4 is 5.91 Å². The number of nitrogens with one attached hydrogen (secondary N) is 1. The van der Waals surface area contributed by atoms with Gasteiger partial charge >= 0.3 is 0 Å². The van der Waals surface area contributed by atoms with Crippen molar-refractivity contribution in [2.45, 2.75) is 6.10 Å². The molecule has 0 aliphatic carbocycles. The van der Waals surface area contributed by atoms with E-state index in [0.29, 0.717) is 22.6 Å². The van der Waals surface area contributed by atoms with Crippen LogP contribution in [0.2, 0.25) is 0 Å². The van der Waals surface area contributed by atoms with E-state index in [1.807, 2.05) is 30.3 Å². The van der Waals surface area contributed by atoms with Gasteiger partial charge < -0.3 is 14.8 Å². The fraction of sp³-hybridized carbons (Fsp3) is 0.136. The van der Waals surface area contributed by atoms with E-state index in [1.54, 1.807) is 36.4 Å². The third-order valence-electron chi connectivity index (χ3n) is 4.06. The molecule has 3 aromatic rings. The molecule has 138 valence electrons. The Hall–Kier alpha value is -3.18. The lowest BCUT2D eigenvalue weighted by molar-refractivity contribution is 0.0825. The number of hydrogen-bond donors (Lipinski definition) is 1.